The summed E-state index contributed by atoms with van der Waals surface area (Å²) in [7, 11) is 0. The number of hydrazone groups is 1. The number of hydrogen-bond acceptors (Lipinski definition) is 2. The fourth-order valence-electron chi connectivity index (χ4n) is 2.25. The number of nitrogens with one attached hydrogen (secondary N) is 1. The van der Waals surface area contributed by atoms with Crippen molar-refractivity contribution in [2.75, 3.05) is 0 Å². The Morgan fingerprint density at radius 3 is 2.17 bits per heavy atom. The maximum absolute atomic E-state index is 12.0. The van der Waals surface area contributed by atoms with E-state index in [1.165, 1.54) is 5.56 Å². The summed E-state index contributed by atoms with van der Waals surface area (Å²) in [6.45, 7) is 8.45. The third-order valence-corrected chi connectivity index (χ3v) is 4.32. The van der Waals surface area contributed by atoms with Crippen molar-refractivity contribution in [1.82, 2.24) is 5.43 Å². The van der Waals surface area contributed by atoms with Crippen LogP contribution >= 0.6 is 15.9 Å². The van der Waals surface area contributed by atoms with Crippen molar-refractivity contribution in [2.45, 2.75) is 39.5 Å². The summed E-state index contributed by atoms with van der Waals surface area (Å²) in [4.78, 5) is 12.0. The molecule has 0 radical (unpaired) electrons. The molecule has 3 nitrogen and oxygen atoms in total. The lowest BCUT2D eigenvalue weighted by Gasteiger charge is -2.19. The second-order valence-corrected chi connectivity index (χ2v) is 7.78. The summed E-state index contributed by atoms with van der Waals surface area (Å²) < 4.78 is 0.999. The molecule has 4 heteroatoms. The van der Waals surface area contributed by atoms with E-state index in [4.69, 9.17) is 0 Å². The summed E-state index contributed by atoms with van der Waals surface area (Å²) in [6, 6.07) is 16.0. The fourth-order valence-corrected chi connectivity index (χ4v) is 2.51. The molecule has 0 bridgehead atoms. The zero-order valence-electron chi connectivity index (χ0n) is 14.6. The van der Waals surface area contributed by atoms with Crippen molar-refractivity contribution in [3.63, 3.8) is 0 Å². The Labute approximate surface area is 152 Å². The van der Waals surface area contributed by atoms with Crippen LogP contribution in [0.3, 0.4) is 0 Å². The lowest BCUT2D eigenvalue weighted by molar-refractivity contribution is -0.120. The molecule has 0 saturated carbocycles. The van der Waals surface area contributed by atoms with Gasteiger partial charge in [0.2, 0.25) is 5.91 Å². The van der Waals surface area contributed by atoms with Crippen molar-refractivity contribution in [2.24, 2.45) is 5.10 Å². The highest BCUT2D eigenvalue weighted by Crippen LogP contribution is 2.22. The minimum atomic E-state index is -0.122. The first kappa shape index (κ1) is 18.4. The van der Waals surface area contributed by atoms with Crippen LogP contribution in [-0.4, -0.2) is 11.6 Å². The molecule has 0 unspecified atom stereocenters. The van der Waals surface area contributed by atoms with E-state index in [9.17, 15) is 4.79 Å². The number of carbonyl (C=O) groups is 1. The zero-order chi connectivity index (χ0) is 17.7. The normalized spacial score (nSPS) is 12.1. The predicted molar refractivity (Wildman–Crippen MR) is 103 cm³/mol. The van der Waals surface area contributed by atoms with E-state index >= 15 is 0 Å². The van der Waals surface area contributed by atoms with E-state index in [-0.39, 0.29) is 11.3 Å². The molecule has 24 heavy (non-hydrogen) atoms. The fraction of sp³-hybridized carbons (Fsp3) is 0.300. The van der Waals surface area contributed by atoms with Crippen LogP contribution in [0.5, 0.6) is 0 Å². The lowest BCUT2D eigenvalue weighted by Crippen LogP contribution is -2.21. The monoisotopic (exact) mass is 386 g/mol. The van der Waals surface area contributed by atoms with E-state index in [0.717, 1.165) is 21.3 Å². The molecule has 0 aliphatic carbocycles. The molecule has 0 fully saturated rings. The molecule has 0 atom stereocenters. The Balaban J connectivity index is 1.97. The highest BCUT2D eigenvalue weighted by atomic mass is 79.9. The van der Waals surface area contributed by atoms with Gasteiger partial charge in [0, 0.05) is 4.47 Å². The number of hydrogen-bond donors (Lipinski definition) is 1. The molecule has 126 valence electrons. The second-order valence-electron chi connectivity index (χ2n) is 6.86. The molecule has 0 aromatic heterocycles. The molecular formula is C20H23BrN2O. The minimum Gasteiger partial charge on any atom is -0.273 e. The predicted octanol–water partition coefficient (Wildman–Crippen LogP) is 4.83. The molecular weight excluding hydrogens is 364 g/mol. The van der Waals surface area contributed by atoms with E-state index in [1.807, 2.05) is 43.3 Å². The molecule has 2 aromatic rings. The first-order valence-electron chi connectivity index (χ1n) is 7.94. The van der Waals surface area contributed by atoms with Gasteiger partial charge in [-0.2, -0.15) is 5.10 Å². The molecule has 1 N–H and O–H groups in total. The van der Waals surface area contributed by atoms with Gasteiger partial charge in [-0.3, -0.25) is 4.79 Å². The maximum Gasteiger partial charge on any atom is 0.244 e. The largest absolute Gasteiger partial charge is 0.273 e. The Kier molecular flexibility index (Phi) is 5.94. The summed E-state index contributed by atoms with van der Waals surface area (Å²) in [5, 5.41) is 4.21. The average molecular weight is 387 g/mol. The quantitative estimate of drug-likeness (QED) is 0.593. The molecule has 0 heterocycles. The van der Waals surface area contributed by atoms with Crippen molar-refractivity contribution >= 4 is 27.5 Å². The topological polar surface area (TPSA) is 41.5 Å². The summed E-state index contributed by atoms with van der Waals surface area (Å²) >= 11 is 3.38. The smallest absolute Gasteiger partial charge is 0.244 e. The number of halogens is 1. The van der Waals surface area contributed by atoms with Crippen LogP contribution in [0, 0.1) is 0 Å². The Morgan fingerprint density at radius 1 is 1.04 bits per heavy atom. The first-order valence-corrected chi connectivity index (χ1v) is 8.73. The summed E-state index contributed by atoms with van der Waals surface area (Å²) in [5.74, 6) is -0.122. The van der Waals surface area contributed by atoms with Gasteiger partial charge >= 0.3 is 0 Å². The van der Waals surface area contributed by atoms with Gasteiger partial charge in [0.1, 0.15) is 0 Å². The first-order chi connectivity index (χ1) is 11.3. The van der Waals surface area contributed by atoms with E-state index in [2.05, 4.69) is 59.4 Å². The zero-order valence-corrected chi connectivity index (χ0v) is 16.1. The van der Waals surface area contributed by atoms with Gasteiger partial charge in [-0.25, -0.2) is 5.43 Å². The number of benzene rings is 2. The van der Waals surface area contributed by atoms with E-state index in [0.29, 0.717) is 6.42 Å². The molecule has 0 spiro atoms. The van der Waals surface area contributed by atoms with Gasteiger partial charge < -0.3 is 0 Å². The molecule has 2 aromatic carbocycles. The Morgan fingerprint density at radius 2 is 1.62 bits per heavy atom. The third kappa shape index (κ3) is 5.31. The Hall–Kier alpha value is -1.94. The van der Waals surface area contributed by atoms with Crippen LogP contribution in [0.25, 0.3) is 0 Å². The van der Waals surface area contributed by atoms with Gasteiger partial charge in [0.25, 0.3) is 0 Å². The number of amides is 1. The summed E-state index contributed by atoms with van der Waals surface area (Å²) in [5.41, 5.74) is 6.78. The van der Waals surface area contributed by atoms with E-state index in [1.54, 1.807) is 0 Å². The van der Waals surface area contributed by atoms with Crippen LogP contribution in [0.1, 0.15) is 44.4 Å². The number of rotatable bonds is 4. The summed E-state index contributed by atoms with van der Waals surface area (Å²) in [6.07, 6.45) is 0.313. The third-order valence-electron chi connectivity index (χ3n) is 3.79. The van der Waals surface area contributed by atoms with Gasteiger partial charge in [0.05, 0.1) is 12.1 Å². The standard InChI is InChI=1S/C20H23BrN2O/c1-14(16-7-9-17(10-8-16)20(2,3)4)22-23-19(24)13-15-5-11-18(21)12-6-15/h5-12H,13H2,1-4H3,(H,23,24)/b22-14-. The number of nitrogens with zero attached hydrogens (tertiary/aromatic N) is 1. The SMILES string of the molecule is C/C(=N/NC(=O)Cc1ccc(Br)cc1)c1ccc(C(C)(C)C)cc1. The molecule has 1 amide bonds. The molecule has 0 aliphatic rings. The molecule has 2 rings (SSSR count). The average Bonchev–Trinajstić information content (AvgIpc) is 2.54. The van der Waals surface area contributed by atoms with E-state index < -0.39 is 0 Å². The second kappa shape index (κ2) is 7.75. The highest BCUT2D eigenvalue weighted by Gasteiger charge is 2.13. The maximum atomic E-state index is 12.0. The number of carbonyl (C=O) groups excluding carboxylic acids is 1. The molecule has 0 saturated heterocycles. The van der Waals surface area contributed by atoms with Crippen LogP contribution in [-0.2, 0) is 16.6 Å². The van der Waals surface area contributed by atoms with Crippen LogP contribution in [0.15, 0.2) is 58.1 Å². The van der Waals surface area contributed by atoms with Gasteiger partial charge in [-0.05, 0) is 41.2 Å². The van der Waals surface area contributed by atoms with Crippen LogP contribution in [0.2, 0.25) is 0 Å². The lowest BCUT2D eigenvalue weighted by atomic mass is 9.86. The van der Waals surface area contributed by atoms with Crippen LogP contribution < -0.4 is 5.43 Å². The van der Waals surface area contributed by atoms with Crippen molar-refractivity contribution in [1.29, 1.82) is 0 Å². The van der Waals surface area contributed by atoms with Crippen LogP contribution in [0.4, 0.5) is 0 Å². The van der Waals surface area contributed by atoms with Gasteiger partial charge in [-0.15, -0.1) is 0 Å². The Bertz CT molecular complexity index is 726. The van der Waals surface area contributed by atoms with Gasteiger partial charge in [-0.1, -0.05) is 73.1 Å². The molecule has 0 aliphatic heterocycles. The van der Waals surface area contributed by atoms with Gasteiger partial charge in [0.15, 0.2) is 0 Å². The van der Waals surface area contributed by atoms with Crippen molar-refractivity contribution < 1.29 is 4.79 Å². The van der Waals surface area contributed by atoms with Crippen molar-refractivity contribution in [3.05, 3.63) is 69.7 Å². The minimum absolute atomic E-state index is 0.122. The highest BCUT2D eigenvalue weighted by molar-refractivity contribution is 9.10. The van der Waals surface area contributed by atoms with Crippen molar-refractivity contribution in [3.8, 4) is 0 Å².